The fourth-order valence-electron chi connectivity index (χ4n) is 3.94. The summed E-state index contributed by atoms with van der Waals surface area (Å²) in [7, 11) is 0. The molecule has 0 bridgehead atoms. The van der Waals surface area contributed by atoms with Gasteiger partial charge in [0.1, 0.15) is 17.1 Å². The van der Waals surface area contributed by atoms with Gasteiger partial charge in [-0.2, -0.15) is 0 Å². The van der Waals surface area contributed by atoms with E-state index in [1.807, 2.05) is 0 Å². The van der Waals surface area contributed by atoms with Crippen LogP contribution in [0.1, 0.15) is 74.1 Å². The second-order valence-electron chi connectivity index (χ2n) is 9.26. The number of aromatic nitrogens is 2. The van der Waals surface area contributed by atoms with Gasteiger partial charge in [-0.15, -0.1) is 0 Å². The van der Waals surface area contributed by atoms with Crippen LogP contribution in [0.5, 0.6) is 5.75 Å². The topological polar surface area (TPSA) is 142 Å². The highest BCUT2D eigenvalue weighted by molar-refractivity contribution is 5.93. The number of nitrogens with two attached hydrogens (primary N) is 1. The van der Waals surface area contributed by atoms with Gasteiger partial charge in [0.05, 0.1) is 18.2 Å². The summed E-state index contributed by atoms with van der Waals surface area (Å²) >= 11 is 0. The monoisotopic (exact) mass is 511 g/mol. The number of aliphatic hydroxyl groups is 1. The lowest BCUT2D eigenvalue weighted by Crippen LogP contribution is -2.30. The van der Waals surface area contributed by atoms with Crippen LogP contribution in [-0.4, -0.2) is 57.2 Å². The second kappa shape index (κ2) is 15.6. The molecule has 0 radical (unpaired) electrons. The van der Waals surface area contributed by atoms with Crippen molar-refractivity contribution in [2.24, 2.45) is 5.73 Å². The number of aliphatic hydroxyl groups excluding tert-OH is 1. The first-order valence-electron chi connectivity index (χ1n) is 13.0. The van der Waals surface area contributed by atoms with E-state index >= 15 is 0 Å². The molecule has 2 aromatic heterocycles. The fourth-order valence-corrected chi connectivity index (χ4v) is 3.94. The molecule has 4 rings (SSSR count). The number of pyridine rings is 1. The van der Waals surface area contributed by atoms with Crippen molar-refractivity contribution in [3.63, 3.8) is 0 Å². The Morgan fingerprint density at radius 2 is 1.78 bits per heavy atom. The molecule has 37 heavy (non-hydrogen) atoms. The minimum absolute atomic E-state index is 0.0000536. The quantitative estimate of drug-likeness (QED) is 0.315. The molecule has 202 valence electrons. The predicted octanol–water partition coefficient (Wildman–Crippen LogP) is 3.14. The van der Waals surface area contributed by atoms with Crippen molar-refractivity contribution < 1.29 is 19.8 Å². The summed E-state index contributed by atoms with van der Waals surface area (Å²) in [4.78, 5) is 28.3. The molecule has 2 amide bonds. The van der Waals surface area contributed by atoms with Crippen LogP contribution in [0.15, 0.2) is 48.7 Å². The van der Waals surface area contributed by atoms with E-state index in [1.54, 1.807) is 60.0 Å². The molecule has 0 saturated carbocycles. The smallest absolute Gasteiger partial charge is 0.268 e. The minimum atomic E-state index is -0.542. The summed E-state index contributed by atoms with van der Waals surface area (Å²) in [6.07, 6.45) is 5.57. The van der Waals surface area contributed by atoms with E-state index in [-0.39, 0.29) is 24.0 Å². The Morgan fingerprint density at radius 3 is 2.32 bits per heavy atom. The number of phenolic OH excluding ortho intramolecular Hbond substituents is 1. The van der Waals surface area contributed by atoms with Crippen molar-refractivity contribution in [1.82, 2.24) is 20.0 Å². The standard InChI is InChI=1S/C21H24N4O4.C4H9N.C3H8/c1-13(26)9-15(14-5-7-17(27)8-6-14)11-23-21(29)18-3-2-4-20-24-16(10-19(22)28)12-25(18)20;1-2-4-5-3-1;1-3-2/h2-8,12-13,15,26-27H,9-11H2,1H3,(H2,22,28)(H,23,29);5H,1-4H2;3H2,1-2H3. The van der Waals surface area contributed by atoms with Crippen molar-refractivity contribution in [3.8, 4) is 5.75 Å². The molecule has 3 aromatic rings. The summed E-state index contributed by atoms with van der Waals surface area (Å²) in [5, 5.41) is 25.4. The number of hydrogen-bond donors (Lipinski definition) is 5. The molecule has 1 fully saturated rings. The Balaban J connectivity index is 0.000000518. The van der Waals surface area contributed by atoms with Gasteiger partial charge < -0.3 is 26.6 Å². The Morgan fingerprint density at radius 1 is 1.14 bits per heavy atom. The number of hydrogen-bond acceptors (Lipinski definition) is 6. The Kier molecular flexibility index (Phi) is 12.6. The van der Waals surface area contributed by atoms with Crippen LogP contribution in [0.2, 0.25) is 0 Å². The number of benzene rings is 1. The molecule has 1 aliphatic rings. The first kappa shape index (κ1) is 29.8. The molecule has 0 spiro atoms. The number of primary amides is 1. The molecule has 9 heteroatoms. The van der Waals surface area contributed by atoms with Gasteiger partial charge in [-0.05, 0) is 69.1 Å². The predicted molar refractivity (Wildman–Crippen MR) is 146 cm³/mol. The van der Waals surface area contributed by atoms with Crippen LogP contribution in [0.4, 0.5) is 0 Å². The number of imidazole rings is 1. The third-order valence-electron chi connectivity index (χ3n) is 5.59. The van der Waals surface area contributed by atoms with Crippen molar-refractivity contribution >= 4 is 17.5 Å². The highest BCUT2D eigenvalue weighted by Gasteiger charge is 2.18. The number of fused-ring (bicyclic) bond motifs is 1. The van der Waals surface area contributed by atoms with Gasteiger partial charge in [-0.25, -0.2) is 4.98 Å². The average Bonchev–Trinajstić information content (AvgIpc) is 3.55. The van der Waals surface area contributed by atoms with Crippen LogP contribution in [-0.2, 0) is 11.2 Å². The highest BCUT2D eigenvalue weighted by atomic mass is 16.3. The molecule has 2 atom stereocenters. The molecule has 1 saturated heterocycles. The number of amides is 2. The maximum absolute atomic E-state index is 12.8. The fraction of sp³-hybridized carbons (Fsp3) is 0.464. The Bertz CT molecular complexity index is 1100. The van der Waals surface area contributed by atoms with Crippen molar-refractivity contribution in [3.05, 3.63) is 65.6 Å². The zero-order valence-electron chi connectivity index (χ0n) is 22.1. The second-order valence-corrected chi connectivity index (χ2v) is 9.26. The van der Waals surface area contributed by atoms with E-state index in [2.05, 4.69) is 29.5 Å². The van der Waals surface area contributed by atoms with Crippen molar-refractivity contribution in [1.29, 1.82) is 0 Å². The number of carbonyl (C=O) groups excluding carboxylic acids is 2. The van der Waals surface area contributed by atoms with Crippen molar-refractivity contribution in [2.45, 2.75) is 64.9 Å². The van der Waals surface area contributed by atoms with Gasteiger partial charge in [0.15, 0.2) is 0 Å². The number of nitrogens with one attached hydrogen (secondary N) is 2. The number of carbonyl (C=O) groups is 2. The molecule has 3 heterocycles. The zero-order valence-corrected chi connectivity index (χ0v) is 22.1. The molecule has 0 aliphatic carbocycles. The van der Waals surface area contributed by atoms with Crippen LogP contribution in [0.3, 0.4) is 0 Å². The first-order valence-corrected chi connectivity index (χ1v) is 13.0. The van der Waals surface area contributed by atoms with E-state index in [0.717, 1.165) is 5.56 Å². The van der Waals surface area contributed by atoms with E-state index in [1.165, 1.54) is 32.4 Å². The van der Waals surface area contributed by atoms with Crippen LogP contribution < -0.4 is 16.4 Å². The molecular formula is C28H41N5O4. The van der Waals surface area contributed by atoms with Crippen LogP contribution >= 0.6 is 0 Å². The maximum atomic E-state index is 12.8. The minimum Gasteiger partial charge on any atom is -0.508 e. The van der Waals surface area contributed by atoms with Gasteiger partial charge in [-0.1, -0.05) is 38.5 Å². The van der Waals surface area contributed by atoms with Gasteiger partial charge >= 0.3 is 0 Å². The third-order valence-corrected chi connectivity index (χ3v) is 5.59. The summed E-state index contributed by atoms with van der Waals surface area (Å²) in [6.45, 7) is 8.76. The zero-order chi connectivity index (χ0) is 27.2. The van der Waals surface area contributed by atoms with E-state index in [4.69, 9.17) is 5.73 Å². The van der Waals surface area contributed by atoms with Crippen LogP contribution in [0, 0.1) is 0 Å². The largest absolute Gasteiger partial charge is 0.508 e. The number of nitrogens with zero attached hydrogens (tertiary/aromatic N) is 2. The molecule has 9 nitrogen and oxygen atoms in total. The molecule has 1 aromatic carbocycles. The molecular weight excluding hydrogens is 470 g/mol. The molecule has 6 N–H and O–H groups in total. The number of aromatic hydroxyl groups is 1. The summed E-state index contributed by atoms with van der Waals surface area (Å²) in [6, 6.07) is 11.9. The van der Waals surface area contributed by atoms with Crippen molar-refractivity contribution in [2.75, 3.05) is 19.6 Å². The lowest BCUT2D eigenvalue weighted by Gasteiger charge is -2.20. The summed E-state index contributed by atoms with van der Waals surface area (Å²) in [5.41, 5.74) is 7.56. The van der Waals surface area contributed by atoms with E-state index in [9.17, 15) is 19.8 Å². The van der Waals surface area contributed by atoms with Gasteiger partial charge in [0.2, 0.25) is 5.91 Å². The SMILES string of the molecule is C1CCNC1.CC(O)CC(CNC(=O)c1cccc2nc(CC(N)=O)cn12)c1ccc(O)cc1.CCC. The summed E-state index contributed by atoms with van der Waals surface area (Å²) in [5.74, 6) is -0.749. The lowest BCUT2D eigenvalue weighted by atomic mass is 9.93. The van der Waals surface area contributed by atoms with Gasteiger partial charge in [0.25, 0.3) is 5.91 Å². The van der Waals surface area contributed by atoms with E-state index in [0.29, 0.717) is 30.0 Å². The number of phenols is 1. The van der Waals surface area contributed by atoms with Gasteiger partial charge in [-0.3, -0.25) is 14.0 Å². The highest BCUT2D eigenvalue weighted by Crippen LogP contribution is 2.23. The lowest BCUT2D eigenvalue weighted by molar-refractivity contribution is -0.117. The Labute approximate surface area is 219 Å². The maximum Gasteiger partial charge on any atom is 0.268 e. The Hall–Kier alpha value is -3.43. The average molecular weight is 512 g/mol. The normalized spacial score (nSPS) is 14.1. The molecule has 2 unspecified atom stereocenters. The number of rotatable bonds is 8. The summed E-state index contributed by atoms with van der Waals surface area (Å²) < 4.78 is 1.62. The van der Waals surface area contributed by atoms with Crippen LogP contribution in [0.25, 0.3) is 5.65 Å². The third kappa shape index (κ3) is 10.2. The van der Waals surface area contributed by atoms with E-state index < -0.39 is 12.0 Å². The first-order chi connectivity index (χ1) is 17.7. The molecule has 1 aliphatic heterocycles. The van der Waals surface area contributed by atoms with Gasteiger partial charge in [0, 0.05) is 18.7 Å².